The van der Waals surface area contributed by atoms with Crippen LogP contribution in [-0.2, 0) is 0 Å². The first-order valence-corrected chi connectivity index (χ1v) is 4.79. The molecular formula is C8H5BrN4O2. The second-order valence-corrected chi connectivity index (χ2v) is 3.68. The average Bonchev–Trinajstić information content (AvgIpc) is 2.67. The molecule has 1 aromatic carbocycles. The molecule has 0 spiro atoms. The highest BCUT2D eigenvalue weighted by Crippen LogP contribution is 2.25. The van der Waals surface area contributed by atoms with Gasteiger partial charge in [0, 0.05) is 10.0 Å². The number of halogens is 1. The zero-order valence-electron chi connectivity index (χ0n) is 7.35. The first-order chi connectivity index (χ1) is 7.18. The van der Waals surface area contributed by atoms with Gasteiger partial charge in [-0.3, -0.25) is 0 Å². The van der Waals surface area contributed by atoms with E-state index in [1.165, 1.54) is 0 Å². The molecule has 0 bridgehead atoms. The molecule has 0 aliphatic heterocycles. The Kier molecular flexibility index (Phi) is 2.46. The molecule has 1 heterocycles. The minimum absolute atomic E-state index is 0.243. The van der Waals surface area contributed by atoms with E-state index in [9.17, 15) is 10.1 Å². The van der Waals surface area contributed by atoms with E-state index in [1.54, 1.807) is 24.3 Å². The van der Waals surface area contributed by atoms with E-state index < -0.39 is 4.92 Å². The maximum atomic E-state index is 10.6. The van der Waals surface area contributed by atoms with Crippen LogP contribution in [0.5, 0.6) is 0 Å². The summed E-state index contributed by atoms with van der Waals surface area (Å²) in [7, 11) is 0. The largest absolute Gasteiger partial charge is 0.418 e. The van der Waals surface area contributed by atoms with Gasteiger partial charge < -0.3 is 10.1 Å². The second-order valence-electron chi connectivity index (χ2n) is 2.76. The summed E-state index contributed by atoms with van der Waals surface area (Å²) in [6.07, 6.45) is 0. The van der Waals surface area contributed by atoms with Gasteiger partial charge in [-0.25, -0.2) is 0 Å². The van der Waals surface area contributed by atoms with Crippen molar-refractivity contribution in [2.24, 2.45) is 0 Å². The van der Waals surface area contributed by atoms with Gasteiger partial charge in [0.1, 0.15) is 0 Å². The molecule has 0 saturated carbocycles. The Balaban J connectivity index is 2.49. The zero-order valence-corrected chi connectivity index (χ0v) is 8.93. The second kappa shape index (κ2) is 3.77. The molecule has 0 aliphatic rings. The fourth-order valence-electron chi connectivity index (χ4n) is 1.15. The maximum absolute atomic E-state index is 10.6. The minimum atomic E-state index is -0.569. The van der Waals surface area contributed by atoms with Gasteiger partial charge in [0.2, 0.25) is 0 Å². The van der Waals surface area contributed by atoms with Crippen LogP contribution in [-0.4, -0.2) is 20.3 Å². The molecule has 0 saturated heterocycles. The van der Waals surface area contributed by atoms with Gasteiger partial charge in [-0.2, -0.15) is 0 Å². The summed E-state index contributed by atoms with van der Waals surface area (Å²) in [4.78, 5) is 10.0. The van der Waals surface area contributed by atoms with Crippen molar-refractivity contribution < 1.29 is 4.92 Å². The summed E-state index contributed by atoms with van der Waals surface area (Å²) in [5, 5.41) is 20.0. The number of aromatic nitrogens is 3. The first kappa shape index (κ1) is 9.78. The molecule has 0 radical (unpaired) electrons. The lowest BCUT2D eigenvalue weighted by Gasteiger charge is -1.95. The van der Waals surface area contributed by atoms with Crippen LogP contribution in [0.3, 0.4) is 0 Å². The topological polar surface area (TPSA) is 84.7 Å². The highest BCUT2D eigenvalue weighted by atomic mass is 79.9. The minimum Gasteiger partial charge on any atom is -0.358 e. The summed E-state index contributed by atoms with van der Waals surface area (Å²) < 4.78 is 0.900. The molecule has 76 valence electrons. The van der Waals surface area contributed by atoms with Gasteiger partial charge in [-0.15, -0.1) is 10.3 Å². The van der Waals surface area contributed by atoms with Crippen molar-refractivity contribution in [1.82, 2.24) is 15.4 Å². The Labute approximate surface area is 92.6 Å². The Bertz CT molecular complexity index is 494. The summed E-state index contributed by atoms with van der Waals surface area (Å²) in [6, 6.07) is 7.03. The van der Waals surface area contributed by atoms with Crippen LogP contribution in [0.2, 0.25) is 0 Å². The maximum Gasteiger partial charge on any atom is 0.418 e. The predicted molar refractivity (Wildman–Crippen MR) is 56.2 cm³/mol. The molecule has 6 nitrogen and oxygen atoms in total. The van der Waals surface area contributed by atoms with Crippen LogP contribution >= 0.6 is 15.9 Å². The van der Waals surface area contributed by atoms with Crippen LogP contribution in [0.4, 0.5) is 5.82 Å². The Morgan fingerprint density at radius 2 is 1.93 bits per heavy atom. The van der Waals surface area contributed by atoms with E-state index in [1.807, 2.05) is 0 Å². The molecule has 0 amide bonds. The van der Waals surface area contributed by atoms with Crippen molar-refractivity contribution in [2.75, 3.05) is 0 Å². The number of rotatable bonds is 2. The van der Waals surface area contributed by atoms with Crippen molar-refractivity contribution in [3.8, 4) is 11.3 Å². The van der Waals surface area contributed by atoms with E-state index in [-0.39, 0.29) is 11.5 Å². The lowest BCUT2D eigenvalue weighted by molar-refractivity contribution is -0.388. The number of H-pyrrole nitrogens is 1. The van der Waals surface area contributed by atoms with E-state index in [4.69, 9.17) is 0 Å². The molecule has 2 rings (SSSR count). The summed E-state index contributed by atoms with van der Waals surface area (Å²) in [5.74, 6) is -0.266. The number of nitrogens with one attached hydrogen (secondary N) is 1. The first-order valence-electron chi connectivity index (χ1n) is 3.99. The third-order valence-electron chi connectivity index (χ3n) is 1.82. The quantitative estimate of drug-likeness (QED) is 0.668. The Hall–Kier alpha value is -1.76. The van der Waals surface area contributed by atoms with Crippen molar-refractivity contribution >= 4 is 21.7 Å². The average molecular weight is 269 g/mol. The normalized spacial score (nSPS) is 10.2. The van der Waals surface area contributed by atoms with Crippen molar-refractivity contribution in [2.45, 2.75) is 0 Å². The number of nitrogens with zero attached hydrogens (tertiary/aromatic N) is 3. The SMILES string of the molecule is O=[N+]([O-])c1n[nH]nc1-c1ccc(Br)cc1. The van der Waals surface area contributed by atoms with Crippen LogP contribution in [0.1, 0.15) is 0 Å². The lowest BCUT2D eigenvalue weighted by atomic mass is 10.1. The van der Waals surface area contributed by atoms with Crippen molar-refractivity contribution in [1.29, 1.82) is 0 Å². The third kappa shape index (κ3) is 1.86. The van der Waals surface area contributed by atoms with E-state index >= 15 is 0 Å². The molecular weight excluding hydrogens is 264 g/mol. The fraction of sp³-hybridized carbons (Fsp3) is 0. The van der Waals surface area contributed by atoms with Crippen molar-refractivity contribution in [3.05, 3.63) is 38.9 Å². The van der Waals surface area contributed by atoms with E-state index in [0.29, 0.717) is 5.56 Å². The smallest absolute Gasteiger partial charge is 0.358 e. The van der Waals surface area contributed by atoms with E-state index in [0.717, 1.165) is 4.47 Å². The van der Waals surface area contributed by atoms with Crippen LogP contribution in [0.15, 0.2) is 28.7 Å². The number of hydrogen-bond acceptors (Lipinski definition) is 4. The number of aromatic amines is 1. The number of nitro groups is 1. The summed E-state index contributed by atoms with van der Waals surface area (Å²) in [5.41, 5.74) is 0.895. The summed E-state index contributed by atoms with van der Waals surface area (Å²) in [6.45, 7) is 0. The molecule has 1 N–H and O–H groups in total. The van der Waals surface area contributed by atoms with Gasteiger partial charge in [0.05, 0.1) is 5.10 Å². The highest BCUT2D eigenvalue weighted by molar-refractivity contribution is 9.10. The highest BCUT2D eigenvalue weighted by Gasteiger charge is 2.20. The fourth-order valence-corrected chi connectivity index (χ4v) is 1.42. The van der Waals surface area contributed by atoms with Gasteiger partial charge in [0.15, 0.2) is 5.69 Å². The Morgan fingerprint density at radius 3 is 2.53 bits per heavy atom. The van der Waals surface area contributed by atoms with Crippen molar-refractivity contribution in [3.63, 3.8) is 0 Å². The van der Waals surface area contributed by atoms with Crippen LogP contribution < -0.4 is 0 Å². The third-order valence-corrected chi connectivity index (χ3v) is 2.35. The van der Waals surface area contributed by atoms with Gasteiger partial charge >= 0.3 is 5.82 Å². The molecule has 0 aliphatic carbocycles. The monoisotopic (exact) mass is 268 g/mol. The number of hydrogen-bond donors (Lipinski definition) is 1. The van der Waals surface area contributed by atoms with Crippen LogP contribution in [0.25, 0.3) is 11.3 Å². The molecule has 0 atom stereocenters. The zero-order chi connectivity index (χ0) is 10.8. The van der Waals surface area contributed by atoms with Gasteiger partial charge in [-0.1, -0.05) is 28.1 Å². The van der Waals surface area contributed by atoms with Gasteiger partial charge in [-0.05, 0) is 17.1 Å². The van der Waals surface area contributed by atoms with Gasteiger partial charge in [0.25, 0.3) is 0 Å². The standard InChI is InChI=1S/C8H5BrN4O2/c9-6-3-1-5(2-4-6)7-8(13(14)15)11-12-10-7/h1-4H,(H,10,11,12). The molecule has 1 aromatic heterocycles. The molecule has 2 aromatic rings. The Morgan fingerprint density at radius 1 is 1.27 bits per heavy atom. The number of benzene rings is 1. The predicted octanol–water partition coefficient (Wildman–Crippen LogP) is 2.14. The van der Waals surface area contributed by atoms with Crippen LogP contribution in [0, 0.1) is 10.1 Å². The molecule has 7 heteroatoms. The van der Waals surface area contributed by atoms with E-state index in [2.05, 4.69) is 31.3 Å². The molecule has 0 unspecified atom stereocenters. The molecule has 0 fully saturated rings. The summed E-state index contributed by atoms with van der Waals surface area (Å²) >= 11 is 3.28. The molecule has 15 heavy (non-hydrogen) atoms. The lowest BCUT2D eigenvalue weighted by Crippen LogP contribution is -1.90.